The number of rotatable bonds is 4. The van der Waals surface area contributed by atoms with Gasteiger partial charge in [-0.15, -0.1) is 0 Å². The quantitative estimate of drug-likeness (QED) is 0.702. The summed E-state index contributed by atoms with van der Waals surface area (Å²) >= 11 is 0. The Morgan fingerprint density at radius 3 is 2.68 bits per heavy atom. The lowest BCUT2D eigenvalue weighted by molar-refractivity contribution is 0.0893. The normalized spacial score (nSPS) is 21.1. The van der Waals surface area contributed by atoms with Gasteiger partial charge in [-0.3, -0.25) is 4.79 Å². The monoisotopic (exact) mass is 258 g/mol. The van der Waals surface area contributed by atoms with Crippen molar-refractivity contribution in [2.24, 2.45) is 17.8 Å². The Morgan fingerprint density at radius 1 is 1.21 bits per heavy atom. The third-order valence-corrected chi connectivity index (χ3v) is 4.21. The fraction of sp³-hybridized carbons (Fsp3) is 0.611. The topological polar surface area (TPSA) is 17.1 Å². The molecule has 19 heavy (non-hydrogen) atoms. The van der Waals surface area contributed by atoms with Gasteiger partial charge >= 0.3 is 0 Å². The zero-order valence-corrected chi connectivity index (χ0v) is 12.5. The Kier molecular flexibility index (Phi) is 4.79. The molecule has 0 aliphatic heterocycles. The average molecular weight is 258 g/mol. The third kappa shape index (κ3) is 3.68. The van der Waals surface area contributed by atoms with Crippen LogP contribution < -0.4 is 0 Å². The van der Waals surface area contributed by atoms with E-state index in [2.05, 4.69) is 26.8 Å². The minimum atomic E-state index is 0.248. The molecule has 104 valence electrons. The number of Topliss-reactive ketones (excluding diaryl/α,β-unsaturated/α-hetero) is 1. The zero-order valence-electron chi connectivity index (χ0n) is 12.5. The first kappa shape index (κ1) is 14.3. The van der Waals surface area contributed by atoms with E-state index in [1.807, 2.05) is 18.2 Å². The number of hydrogen-bond acceptors (Lipinski definition) is 1. The van der Waals surface area contributed by atoms with Crippen LogP contribution in [-0.2, 0) is 6.42 Å². The Hall–Kier alpha value is -1.11. The molecule has 0 saturated heterocycles. The summed E-state index contributed by atoms with van der Waals surface area (Å²) < 4.78 is 0. The van der Waals surface area contributed by atoms with Gasteiger partial charge in [0.05, 0.1) is 0 Å². The predicted octanol–water partition coefficient (Wildman–Crippen LogP) is 4.89. The molecule has 1 aliphatic rings. The summed E-state index contributed by atoms with van der Waals surface area (Å²) in [5, 5.41) is 0. The minimum Gasteiger partial charge on any atom is -0.294 e. The fourth-order valence-corrected chi connectivity index (χ4v) is 3.48. The van der Waals surface area contributed by atoms with Gasteiger partial charge in [0.15, 0.2) is 5.78 Å². The number of hydrogen-bond donors (Lipinski definition) is 0. The molecule has 0 fully saturated rings. The average Bonchev–Trinajstić information content (AvgIpc) is 2.50. The molecule has 1 aromatic rings. The summed E-state index contributed by atoms with van der Waals surface area (Å²) in [6.07, 6.45) is 5.57. The second-order valence-electron chi connectivity index (χ2n) is 6.58. The summed E-state index contributed by atoms with van der Waals surface area (Å²) in [5.41, 5.74) is 2.24. The molecule has 1 heteroatoms. The van der Waals surface area contributed by atoms with Crippen molar-refractivity contribution >= 4 is 5.78 Å². The van der Waals surface area contributed by atoms with E-state index in [0.29, 0.717) is 11.7 Å². The summed E-state index contributed by atoms with van der Waals surface area (Å²) in [6, 6.07) is 8.18. The largest absolute Gasteiger partial charge is 0.294 e. The molecule has 0 spiro atoms. The Balaban J connectivity index is 2.09. The first-order valence-corrected chi connectivity index (χ1v) is 7.70. The minimum absolute atomic E-state index is 0.248. The van der Waals surface area contributed by atoms with Gasteiger partial charge < -0.3 is 0 Å². The van der Waals surface area contributed by atoms with Gasteiger partial charge in [-0.25, -0.2) is 0 Å². The van der Waals surface area contributed by atoms with Crippen molar-refractivity contribution in [3.8, 4) is 0 Å². The summed E-state index contributed by atoms with van der Waals surface area (Å²) in [4.78, 5) is 12.7. The molecular weight excluding hydrogens is 232 g/mol. The second kappa shape index (κ2) is 6.36. The SMILES string of the molecule is CC(C)CC(C)CC1CCCc2ccccc2C1=O. The van der Waals surface area contributed by atoms with Crippen LogP contribution in [0.3, 0.4) is 0 Å². The number of ketones is 1. The van der Waals surface area contributed by atoms with E-state index in [-0.39, 0.29) is 5.92 Å². The highest BCUT2D eigenvalue weighted by Crippen LogP contribution is 2.30. The zero-order chi connectivity index (χ0) is 13.8. The van der Waals surface area contributed by atoms with Crippen molar-refractivity contribution in [1.82, 2.24) is 0 Å². The first-order chi connectivity index (χ1) is 9.08. The van der Waals surface area contributed by atoms with Crippen LogP contribution in [0.25, 0.3) is 0 Å². The molecular formula is C18H26O. The molecule has 2 unspecified atom stereocenters. The maximum Gasteiger partial charge on any atom is 0.166 e. The van der Waals surface area contributed by atoms with Gasteiger partial charge in [0.2, 0.25) is 0 Å². The van der Waals surface area contributed by atoms with Crippen LogP contribution >= 0.6 is 0 Å². The maximum absolute atomic E-state index is 12.7. The highest BCUT2D eigenvalue weighted by atomic mass is 16.1. The van der Waals surface area contributed by atoms with E-state index < -0.39 is 0 Å². The van der Waals surface area contributed by atoms with Crippen molar-refractivity contribution in [3.63, 3.8) is 0 Å². The van der Waals surface area contributed by atoms with E-state index in [1.165, 1.54) is 12.0 Å². The molecule has 0 saturated carbocycles. The molecule has 0 aromatic heterocycles. The third-order valence-electron chi connectivity index (χ3n) is 4.21. The Bertz CT molecular complexity index is 433. The fourth-order valence-electron chi connectivity index (χ4n) is 3.48. The number of carbonyl (C=O) groups excluding carboxylic acids is 1. The second-order valence-corrected chi connectivity index (χ2v) is 6.58. The number of carbonyl (C=O) groups is 1. The molecule has 1 nitrogen and oxygen atoms in total. The van der Waals surface area contributed by atoms with Crippen molar-refractivity contribution in [1.29, 1.82) is 0 Å². The van der Waals surface area contributed by atoms with Gasteiger partial charge in [-0.05, 0) is 49.5 Å². The van der Waals surface area contributed by atoms with E-state index >= 15 is 0 Å². The smallest absolute Gasteiger partial charge is 0.166 e. The molecule has 2 rings (SSSR count). The van der Waals surface area contributed by atoms with E-state index in [1.54, 1.807) is 0 Å². The van der Waals surface area contributed by atoms with Crippen molar-refractivity contribution < 1.29 is 4.79 Å². The molecule has 2 atom stereocenters. The van der Waals surface area contributed by atoms with Crippen LogP contribution in [0.4, 0.5) is 0 Å². The van der Waals surface area contributed by atoms with E-state index in [0.717, 1.165) is 37.2 Å². The van der Waals surface area contributed by atoms with E-state index in [9.17, 15) is 4.79 Å². The van der Waals surface area contributed by atoms with E-state index in [4.69, 9.17) is 0 Å². The highest BCUT2D eigenvalue weighted by molar-refractivity contribution is 5.99. The van der Waals surface area contributed by atoms with Crippen molar-refractivity contribution in [3.05, 3.63) is 35.4 Å². The summed E-state index contributed by atoms with van der Waals surface area (Å²) in [5.74, 6) is 2.02. The molecule has 0 radical (unpaired) electrons. The molecule has 0 bridgehead atoms. The van der Waals surface area contributed by atoms with Crippen LogP contribution in [0.5, 0.6) is 0 Å². The number of aryl methyl sites for hydroxylation is 1. The molecule has 0 N–H and O–H groups in total. The molecule has 0 amide bonds. The van der Waals surface area contributed by atoms with Crippen LogP contribution in [-0.4, -0.2) is 5.78 Å². The van der Waals surface area contributed by atoms with Gasteiger partial charge in [-0.1, -0.05) is 45.0 Å². The number of fused-ring (bicyclic) bond motifs is 1. The first-order valence-electron chi connectivity index (χ1n) is 7.70. The molecule has 1 aromatic carbocycles. The van der Waals surface area contributed by atoms with Gasteiger partial charge in [0.25, 0.3) is 0 Å². The summed E-state index contributed by atoms with van der Waals surface area (Å²) in [7, 11) is 0. The Morgan fingerprint density at radius 2 is 1.95 bits per heavy atom. The maximum atomic E-state index is 12.7. The Labute approximate surface area is 117 Å². The highest BCUT2D eigenvalue weighted by Gasteiger charge is 2.26. The lowest BCUT2D eigenvalue weighted by Gasteiger charge is -2.20. The van der Waals surface area contributed by atoms with Gasteiger partial charge in [-0.2, -0.15) is 0 Å². The number of benzene rings is 1. The standard InChI is InChI=1S/C18H26O/c1-13(2)11-14(3)12-16-9-6-8-15-7-4-5-10-17(15)18(16)19/h4-5,7,10,13-14,16H,6,8-9,11-12H2,1-3H3. The van der Waals surface area contributed by atoms with Gasteiger partial charge in [0.1, 0.15) is 0 Å². The molecule has 1 aliphatic carbocycles. The van der Waals surface area contributed by atoms with Crippen LogP contribution in [0.15, 0.2) is 24.3 Å². The molecule has 0 heterocycles. The lowest BCUT2D eigenvalue weighted by Crippen LogP contribution is -2.17. The van der Waals surface area contributed by atoms with Crippen LogP contribution in [0, 0.1) is 17.8 Å². The van der Waals surface area contributed by atoms with Gasteiger partial charge in [0, 0.05) is 11.5 Å². The van der Waals surface area contributed by atoms with Crippen molar-refractivity contribution in [2.75, 3.05) is 0 Å². The lowest BCUT2D eigenvalue weighted by atomic mass is 9.84. The van der Waals surface area contributed by atoms with Crippen molar-refractivity contribution in [2.45, 2.75) is 52.9 Å². The predicted molar refractivity (Wildman–Crippen MR) is 80.4 cm³/mol. The summed E-state index contributed by atoms with van der Waals surface area (Å²) in [6.45, 7) is 6.82. The van der Waals surface area contributed by atoms with Crippen LogP contribution in [0.2, 0.25) is 0 Å². The van der Waals surface area contributed by atoms with Crippen LogP contribution in [0.1, 0.15) is 62.4 Å².